The van der Waals surface area contributed by atoms with Gasteiger partial charge in [0.15, 0.2) is 0 Å². The van der Waals surface area contributed by atoms with E-state index < -0.39 is 27.9 Å². The number of likely N-dealkylation sites (tertiary alicyclic amines) is 1. The van der Waals surface area contributed by atoms with Crippen molar-refractivity contribution in [3.05, 3.63) is 52.5 Å². The van der Waals surface area contributed by atoms with Crippen LogP contribution in [0.3, 0.4) is 0 Å². The molecule has 3 aliphatic heterocycles. The van der Waals surface area contributed by atoms with E-state index >= 15 is 0 Å². The molecule has 2 saturated heterocycles. The highest BCUT2D eigenvalue weighted by molar-refractivity contribution is 7.93. The normalized spacial score (nSPS) is 19.6. The Morgan fingerprint density at radius 2 is 1.70 bits per heavy atom. The zero-order valence-electron chi connectivity index (χ0n) is 24.5. The molecule has 43 heavy (non-hydrogen) atoms. The number of carbonyl (C=O) groups is 3. The number of nitrogens with one attached hydrogen (secondary N) is 2. The maximum absolute atomic E-state index is 14.1. The van der Waals surface area contributed by atoms with Gasteiger partial charge in [0, 0.05) is 37.7 Å². The molecule has 232 valence electrons. The van der Waals surface area contributed by atoms with Gasteiger partial charge in [-0.1, -0.05) is 23.7 Å². The molecule has 0 spiro atoms. The van der Waals surface area contributed by atoms with Gasteiger partial charge in [-0.15, -0.1) is 0 Å². The van der Waals surface area contributed by atoms with Gasteiger partial charge >= 0.3 is 6.03 Å². The Morgan fingerprint density at radius 3 is 2.42 bits per heavy atom. The molecular weight excluding hydrogens is 594 g/mol. The zero-order chi connectivity index (χ0) is 30.7. The number of amides is 4. The van der Waals surface area contributed by atoms with Crippen molar-refractivity contribution in [3.63, 3.8) is 0 Å². The zero-order valence-corrected chi connectivity index (χ0v) is 26.0. The van der Waals surface area contributed by atoms with Crippen molar-refractivity contribution in [2.45, 2.75) is 50.5 Å². The van der Waals surface area contributed by atoms with Gasteiger partial charge in [-0.3, -0.25) is 13.9 Å². The van der Waals surface area contributed by atoms with Crippen molar-refractivity contribution < 1.29 is 27.5 Å². The molecule has 4 amide bonds. The summed E-state index contributed by atoms with van der Waals surface area (Å²) in [5.41, 5.74) is 1.69. The van der Waals surface area contributed by atoms with Crippen LogP contribution in [0.4, 0.5) is 16.2 Å². The summed E-state index contributed by atoms with van der Waals surface area (Å²) in [6, 6.07) is 8.52. The quantitative estimate of drug-likeness (QED) is 0.481. The van der Waals surface area contributed by atoms with Gasteiger partial charge in [-0.2, -0.15) is 0 Å². The largest absolute Gasteiger partial charge is 0.378 e. The minimum atomic E-state index is -4.24. The lowest BCUT2D eigenvalue weighted by molar-refractivity contribution is -0.125. The Labute approximate surface area is 257 Å². The first-order valence-corrected chi connectivity index (χ1v) is 16.5. The summed E-state index contributed by atoms with van der Waals surface area (Å²) in [7, 11) is -4.24. The number of ether oxygens (including phenoxy) is 1. The number of fused-ring (bicyclic) bond motifs is 1. The van der Waals surface area contributed by atoms with Gasteiger partial charge < -0.3 is 25.2 Å². The van der Waals surface area contributed by atoms with Gasteiger partial charge in [-0.05, 0) is 74.4 Å². The van der Waals surface area contributed by atoms with Crippen molar-refractivity contribution >= 4 is 50.8 Å². The number of hydrogen-bond acceptors (Lipinski definition) is 6. The van der Waals surface area contributed by atoms with E-state index in [1.54, 1.807) is 44.2 Å². The molecule has 3 heterocycles. The summed E-state index contributed by atoms with van der Waals surface area (Å²) in [5.74, 6) is -0.631. The van der Waals surface area contributed by atoms with E-state index in [4.69, 9.17) is 16.3 Å². The molecule has 0 unspecified atom stereocenters. The van der Waals surface area contributed by atoms with Crippen molar-refractivity contribution in [3.8, 4) is 0 Å². The third kappa shape index (κ3) is 6.76. The third-order valence-corrected chi connectivity index (χ3v) is 10.8. The highest BCUT2D eigenvalue weighted by Crippen LogP contribution is 2.38. The number of piperidine rings is 1. The van der Waals surface area contributed by atoms with Crippen molar-refractivity contribution in [1.29, 1.82) is 0 Å². The molecular formula is C30H38ClN5O6S. The number of rotatable bonds is 7. The molecule has 11 nitrogen and oxygen atoms in total. The van der Waals surface area contributed by atoms with Crippen LogP contribution in [0.25, 0.3) is 0 Å². The van der Waals surface area contributed by atoms with Crippen LogP contribution in [-0.4, -0.2) is 88.0 Å². The highest BCUT2D eigenvalue weighted by atomic mass is 35.5. The minimum absolute atomic E-state index is 0.0303. The number of sulfonamides is 1. The lowest BCUT2D eigenvalue weighted by atomic mass is 9.93. The third-order valence-electron chi connectivity index (χ3n) is 8.40. The SMILES string of the molecule is Cc1cc(S(=O)(=O)N2c3ccccc3NC(=O)[C@H]2CC(=O)NCCC2CCN(C(=O)N3CCOCC3)CC2)c(C)cc1Cl. The predicted octanol–water partition coefficient (Wildman–Crippen LogP) is 3.53. The molecule has 5 rings (SSSR count). The first kappa shape index (κ1) is 31.1. The van der Waals surface area contributed by atoms with Crippen LogP contribution in [0, 0.1) is 19.8 Å². The number of para-hydroxylation sites is 2. The van der Waals surface area contributed by atoms with Gasteiger partial charge in [0.2, 0.25) is 11.8 Å². The van der Waals surface area contributed by atoms with E-state index in [1.807, 2.05) is 9.80 Å². The fourth-order valence-corrected chi connectivity index (χ4v) is 8.05. The first-order chi connectivity index (χ1) is 20.6. The second-order valence-corrected chi connectivity index (χ2v) is 13.5. The molecule has 0 aliphatic carbocycles. The first-order valence-electron chi connectivity index (χ1n) is 14.7. The van der Waals surface area contributed by atoms with Gasteiger partial charge in [0.25, 0.3) is 10.0 Å². The van der Waals surface area contributed by atoms with E-state index in [0.29, 0.717) is 79.4 Å². The molecule has 2 aromatic carbocycles. The standard InChI is InChI=1S/C30H38ClN5O6S/c1-20-18-27(21(2)17-23(20)31)43(40,41)36-25-6-4-3-5-24(25)33-29(38)26(36)19-28(37)32-10-7-22-8-11-34(12-9-22)30(39)35-13-15-42-16-14-35/h3-6,17-18,22,26H,7-16,19H2,1-2H3,(H,32,37)(H,33,38)/t26-/m1/s1. The maximum Gasteiger partial charge on any atom is 0.320 e. The molecule has 0 saturated carbocycles. The number of morpholine rings is 1. The summed E-state index contributed by atoms with van der Waals surface area (Å²) in [5, 5.41) is 6.09. The maximum atomic E-state index is 14.1. The molecule has 0 radical (unpaired) electrons. The Hall–Kier alpha value is -3.35. The van der Waals surface area contributed by atoms with Crippen LogP contribution in [-0.2, 0) is 24.3 Å². The van der Waals surface area contributed by atoms with Crippen LogP contribution in [0.2, 0.25) is 5.02 Å². The molecule has 2 N–H and O–H groups in total. The summed E-state index contributed by atoms with van der Waals surface area (Å²) in [6.07, 6.45) is 2.09. The average Bonchev–Trinajstić information content (AvgIpc) is 2.99. The Balaban J connectivity index is 1.22. The predicted molar refractivity (Wildman–Crippen MR) is 164 cm³/mol. The summed E-state index contributed by atoms with van der Waals surface area (Å²) in [6.45, 7) is 7.49. The Kier molecular flexibility index (Phi) is 9.48. The summed E-state index contributed by atoms with van der Waals surface area (Å²) in [4.78, 5) is 42.9. The second kappa shape index (κ2) is 13.1. The molecule has 2 fully saturated rings. The lowest BCUT2D eigenvalue weighted by Crippen LogP contribution is -2.53. The van der Waals surface area contributed by atoms with E-state index in [-0.39, 0.29) is 17.3 Å². The average molecular weight is 632 g/mol. The number of aryl methyl sites for hydroxylation is 2. The van der Waals surface area contributed by atoms with Gasteiger partial charge in [0.05, 0.1) is 35.9 Å². The highest BCUT2D eigenvalue weighted by Gasteiger charge is 2.42. The Bertz CT molecular complexity index is 1490. The van der Waals surface area contributed by atoms with E-state index in [0.717, 1.165) is 23.6 Å². The minimum Gasteiger partial charge on any atom is -0.378 e. The second-order valence-electron chi connectivity index (χ2n) is 11.3. The van der Waals surface area contributed by atoms with Crippen LogP contribution in [0.1, 0.15) is 36.8 Å². The molecule has 2 aromatic rings. The Morgan fingerprint density at radius 1 is 1.02 bits per heavy atom. The fraction of sp³-hybridized carbons (Fsp3) is 0.500. The van der Waals surface area contributed by atoms with Gasteiger partial charge in [-0.25, -0.2) is 13.2 Å². The smallest absolute Gasteiger partial charge is 0.320 e. The van der Waals surface area contributed by atoms with E-state index in [2.05, 4.69) is 10.6 Å². The van der Waals surface area contributed by atoms with Crippen LogP contribution in [0.15, 0.2) is 41.3 Å². The van der Waals surface area contributed by atoms with Crippen molar-refractivity contribution in [2.24, 2.45) is 5.92 Å². The lowest BCUT2D eigenvalue weighted by Gasteiger charge is -2.37. The fourth-order valence-electron chi connectivity index (χ4n) is 5.90. The number of carbonyl (C=O) groups excluding carboxylic acids is 3. The van der Waals surface area contributed by atoms with E-state index in [9.17, 15) is 22.8 Å². The molecule has 13 heteroatoms. The number of anilines is 2. The number of urea groups is 1. The van der Waals surface area contributed by atoms with Crippen LogP contribution >= 0.6 is 11.6 Å². The summed E-state index contributed by atoms with van der Waals surface area (Å²) < 4.78 is 34.6. The monoisotopic (exact) mass is 631 g/mol. The summed E-state index contributed by atoms with van der Waals surface area (Å²) >= 11 is 6.23. The van der Waals surface area contributed by atoms with Crippen molar-refractivity contribution in [2.75, 3.05) is 55.6 Å². The van der Waals surface area contributed by atoms with Gasteiger partial charge in [0.1, 0.15) is 6.04 Å². The number of hydrogen-bond donors (Lipinski definition) is 2. The topological polar surface area (TPSA) is 128 Å². The van der Waals surface area contributed by atoms with Crippen molar-refractivity contribution in [1.82, 2.24) is 15.1 Å². The van der Waals surface area contributed by atoms with Crippen LogP contribution in [0.5, 0.6) is 0 Å². The molecule has 1 atom stereocenters. The number of halogens is 1. The van der Waals surface area contributed by atoms with E-state index in [1.165, 1.54) is 6.07 Å². The molecule has 0 bridgehead atoms. The molecule has 3 aliphatic rings. The van der Waals surface area contributed by atoms with Crippen LogP contribution < -0.4 is 14.9 Å². The molecule has 0 aromatic heterocycles. The number of nitrogens with zero attached hydrogens (tertiary/aromatic N) is 3. The number of benzene rings is 2.